The molecule has 0 bridgehead atoms. The Morgan fingerprint density at radius 3 is 2.68 bits per heavy atom. The number of rotatable bonds is 5. The number of urea groups is 1. The quantitative estimate of drug-likeness (QED) is 0.821. The lowest BCUT2D eigenvalue weighted by molar-refractivity contribution is 0.192. The van der Waals surface area contributed by atoms with Crippen molar-refractivity contribution in [3.05, 3.63) is 29.3 Å². The highest BCUT2D eigenvalue weighted by atomic mass is 35.5. The molecule has 0 unspecified atom stereocenters. The van der Waals surface area contributed by atoms with Crippen LogP contribution in [0.1, 0.15) is 6.42 Å². The Hall–Kier alpha value is -1.47. The highest BCUT2D eigenvalue weighted by molar-refractivity contribution is 7.91. The van der Waals surface area contributed by atoms with Gasteiger partial charge in [-0.1, -0.05) is 11.6 Å². The Kier molecular flexibility index (Phi) is 5.52. The van der Waals surface area contributed by atoms with E-state index in [0.717, 1.165) is 0 Å². The maximum absolute atomic E-state index is 11.9. The summed E-state index contributed by atoms with van der Waals surface area (Å²) in [5.74, 6) is 0.863. The number of halogens is 1. The van der Waals surface area contributed by atoms with Gasteiger partial charge in [0.05, 0.1) is 18.1 Å². The van der Waals surface area contributed by atoms with Gasteiger partial charge >= 0.3 is 6.03 Å². The van der Waals surface area contributed by atoms with E-state index in [-0.39, 0.29) is 23.6 Å². The monoisotopic (exact) mass is 346 g/mol. The lowest BCUT2D eigenvalue weighted by Gasteiger charge is -2.23. The van der Waals surface area contributed by atoms with Crippen LogP contribution in [0.15, 0.2) is 24.3 Å². The maximum atomic E-state index is 11.9. The minimum Gasteiger partial charge on any atom is -0.492 e. The van der Waals surface area contributed by atoms with E-state index < -0.39 is 9.84 Å². The number of nitrogens with zero attached hydrogens (tertiary/aromatic N) is 1. The first-order valence-corrected chi connectivity index (χ1v) is 9.17. The average Bonchev–Trinajstić information content (AvgIpc) is 2.84. The fourth-order valence-electron chi connectivity index (χ4n) is 2.23. The Morgan fingerprint density at radius 1 is 1.41 bits per heavy atom. The van der Waals surface area contributed by atoms with Crippen molar-refractivity contribution in [3.63, 3.8) is 0 Å². The molecule has 8 heteroatoms. The summed E-state index contributed by atoms with van der Waals surface area (Å²) in [5.41, 5.74) is 0. The number of nitrogens with one attached hydrogen (secondary N) is 1. The van der Waals surface area contributed by atoms with Crippen LogP contribution in [-0.4, -0.2) is 57.1 Å². The molecule has 1 saturated heterocycles. The Labute approximate surface area is 135 Å². The third-order valence-electron chi connectivity index (χ3n) is 3.54. The van der Waals surface area contributed by atoms with Crippen molar-refractivity contribution in [2.75, 3.05) is 31.7 Å². The van der Waals surface area contributed by atoms with Crippen molar-refractivity contribution in [2.45, 2.75) is 12.5 Å². The molecule has 122 valence electrons. The van der Waals surface area contributed by atoms with E-state index in [2.05, 4.69) is 5.32 Å². The van der Waals surface area contributed by atoms with Crippen LogP contribution < -0.4 is 10.1 Å². The summed E-state index contributed by atoms with van der Waals surface area (Å²) in [6.45, 7) is 0.662. The van der Waals surface area contributed by atoms with Crippen LogP contribution in [0.5, 0.6) is 5.75 Å². The maximum Gasteiger partial charge on any atom is 0.317 e. The largest absolute Gasteiger partial charge is 0.492 e. The molecule has 0 aliphatic carbocycles. The Morgan fingerprint density at radius 2 is 2.09 bits per heavy atom. The van der Waals surface area contributed by atoms with Gasteiger partial charge < -0.3 is 15.0 Å². The number of sulfone groups is 1. The number of ether oxygens (including phenoxy) is 1. The zero-order valence-corrected chi connectivity index (χ0v) is 13.9. The summed E-state index contributed by atoms with van der Waals surface area (Å²) in [6.07, 6.45) is 0.494. The second-order valence-corrected chi connectivity index (χ2v) is 7.87. The zero-order chi connectivity index (χ0) is 16.2. The molecule has 0 radical (unpaired) electrons. The summed E-state index contributed by atoms with van der Waals surface area (Å²) < 4.78 is 28.3. The van der Waals surface area contributed by atoms with Crippen LogP contribution in [0, 0.1) is 0 Å². The zero-order valence-electron chi connectivity index (χ0n) is 12.3. The topological polar surface area (TPSA) is 75.7 Å². The Balaban J connectivity index is 1.70. The number of carbonyl (C=O) groups excluding carboxylic acids is 1. The minimum absolute atomic E-state index is 0.0399. The van der Waals surface area contributed by atoms with E-state index in [0.29, 0.717) is 30.3 Å². The van der Waals surface area contributed by atoms with Crippen molar-refractivity contribution in [3.8, 4) is 5.75 Å². The van der Waals surface area contributed by atoms with Gasteiger partial charge in [-0.15, -0.1) is 0 Å². The first kappa shape index (κ1) is 16.9. The first-order chi connectivity index (χ1) is 10.4. The lowest BCUT2D eigenvalue weighted by Crippen LogP contribution is -2.45. The van der Waals surface area contributed by atoms with Gasteiger partial charge in [0.2, 0.25) is 0 Å². The van der Waals surface area contributed by atoms with Gasteiger partial charge in [0.1, 0.15) is 12.4 Å². The van der Waals surface area contributed by atoms with E-state index >= 15 is 0 Å². The van der Waals surface area contributed by atoms with Crippen molar-refractivity contribution in [1.29, 1.82) is 0 Å². The molecule has 0 spiro atoms. The third-order valence-corrected chi connectivity index (χ3v) is 5.54. The molecule has 1 fully saturated rings. The molecule has 1 aliphatic rings. The van der Waals surface area contributed by atoms with Crippen molar-refractivity contribution in [2.24, 2.45) is 0 Å². The van der Waals surface area contributed by atoms with Gasteiger partial charge in [0.15, 0.2) is 9.84 Å². The molecule has 1 aromatic carbocycles. The molecule has 1 aliphatic heterocycles. The van der Waals surface area contributed by atoms with E-state index in [1.165, 1.54) is 4.90 Å². The highest BCUT2D eigenvalue weighted by Crippen LogP contribution is 2.17. The fraction of sp³-hybridized carbons (Fsp3) is 0.500. The first-order valence-electron chi connectivity index (χ1n) is 6.97. The van der Waals surface area contributed by atoms with Crippen molar-refractivity contribution < 1.29 is 17.9 Å². The number of hydrogen-bond acceptors (Lipinski definition) is 4. The molecule has 1 atom stereocenters. The molecule has 1 heterocycles. The summed E-state index contributed by atoms with van der Waals surface area (Å²) in [6, 6.07) is 6.41. The van der Waals surface area contributed by atoms with Crippen LogP contribution in [-0.2, 0) is 9.84 Å². The summed E-state index contributed by atoms with van der Waals surface area (Å²) in [7, 11) is -1.38. The third kappa shape index (κ3) is 4.78. The number of benzene rings is 1. The van der Waals surface area contributed by atoms with Crippen LogP contribution in [0.25, 0.3) is 0 Å². The van der Waals surface area contributed by atoms with Gasteiger partial charge in [-0.25, -0.2) is 13.2 Å². The predicted octanol–water partition coefficient (Wildman–Crippen LogP) is 1.55. The molecule has 0 aromatic heterocycles. The molecule has 0 saturated carbocycles. The molecular weight excluding hydrogens is 328 g/mol. The smallest absolute Gasteiger partial charge is 0.317 e. The van der Waals surface area contributed by atoms with E-state index in [1.54, 1.807) is 31.3 Å². The molecule has 22 heavy (non-hydrogen) atoms. The number of hydrogen-bond donors (Lipinski definition) is 1. The average molecular weight is 347 g/mol. The van der Waals surface area contributed by atoms with Crippen LogP contribution in [0.3, 0.4) is 0 Å². The highest BCUT2D eigenvalue weighted by Gasteiger charge is 2.32. The summed E-state index contributed by atoms with van der Waals surface area (Å²) >= 11 is 5.77. The van der Waals surface area contributed by atoms with Gasteiger partial charge in [-0.3, -0.25) is 0 Å². The lowest BCUT2D eigenvalue weighted by atomic mass is 10.2. The van der Waals surface area contributed by atoms with E-state index in [4.69, 9.17) is 16.3 Å². The normalized spacial score (nSPS) is 19.6. The SMILES string of the molecule is CN(C(=O)NCCOc1ccc(Cl)cc1)[C@H]1CCS(=O)(=O)C1. The van der Waals surface area contributed by atoms with E-state index in [9.17, 15) is 13.2 Å². The van der Waals surface area contributed by atoms with Crippen LogP contribution >= 0.6 is 11.6 Å². The minimum atomic E-state index is -3.00. The number of carbonyl (C=O) groups is 1. The standard InChI is InChI=1S/C14H19ClN2O4S/c1-17(12-6-9-22(19,20)10-12)14(18)16-7-8-21-13-4-2-11(15)3-5-13/h2-5,12H,6-10H2,1H3,(H,16,18)/t12-/m0/s1. The fourth-order valence-corrected chi connectivity index (χ4v) is 4.13. The molecule has 6 nitrogen and oxygen atoms in total. The van der Waals surface area contributed by atoms with Gasteiger partial charge in [-0.2, -0.15) is 0 Å². The second-order valence-electron chi connectivity index (χ2n) is 5.20. The molecule has 1 N–H and O–H groups in total. The number of amides is 2. The van der Waals surface area contributed by atoms with Crippen molar-refractivity contribution in [1.82, 2.24) is 10.2 Å². The Bertz CT molecular complexity index is 618. The summed E-state index contributed by atoms with van der Waals surface area (Å²) in [5, 5.41) is 3.34. The van der Waals surface area contributed by atoms with Gasteiger partial charge in [-0.05, 0) is 30.7 Å². The molecular formula is C14H19ClN2O4S. The van der Waals surface area contributed by atoms with Gasteiger partial charge in [0.25, 0.3) is 0 Å². The van der Waals surface area contributed by atoms with Crippen LogP contribution in [0.4, 0.5) is 4.79 Å². The van der Waals surface area contributed by atoms with Crippen LogP contribution in [0.2, 0.25) is 5.02 Å². The molecule has 2 amide bonds. The van der Waals surface area contributed by atoms with E-state index in [1.807, 2.05) is 0 Å². The van der Waals surface area contributed by atoms with Gasteiger partial charge in [0, 0.05) is 18.1 Å². The molecule has 1 aromatic rings. The summed E-state index contributed by atoms with van der Waals surface area (Å²) in [4.78, 5) is 13.4. The van der Waals surface area contributed by atoms with Crippen molar-refractivity contribution >= 4 is 27.5 Å². The second kappa shape index (κ2) is 7.19. The predicted molar refractivity (Wildman–Crippen MR) is 85.2 cm³/mol. The molecule has 2 rings (SSSR count).